The molecule has 0 saturated carbocycles. The summed E-state index contributed by atoms with van der Waals surface area (Å²) in [6.45, 7) is 13.1. The van der Waals surface area contributed by atoms with E-state index in [4.69, 9.17) is 19.4 Å². The molecule has 334 valence electrons. The van der Waals surface area contributed by atoms with Gasteiger partial charge in [-0.05, 0) is 93.5 Å². The molecular weight excluding hydrogens is 809 g/mol. The minimum atomic E-state index is -0.701. The summed E-state index contributed by atoms with van der Waals surface area (Å²) >= 11 is 0. The van der Waals surface area contributed by atoms with Crippen LogP contribution in [0, 0.1) is 23.7 Å². The van der Waals surface area contributed by atoms with E-state index >= 15 is 0 Å². The van der Waals surface area contributed by atoms with E-state index in [1.807, 2.05) is 49.9 Å². The lowest BCUT2D eigenvalue weighted by Gasteiger charge is -2.30. The summed E-state index contributed by atoms with van der Waals surface area (Å²) in [7, 11) is 2.59. The topological polar surface area (TPSA) is 175 Å². The first-order chi connectivity index (χ1) is 30.7. The largest absolute Gasteiger partial charge is 0.453 e. The number of rotatable bonds is 11. The molecule has 2 saturated heterocycles. The van der Waals surface area contributed by atoms with Crippen LogP contribution in [0.2, 0.25) is 0 Å². The molecule has 0 aliphatic carbocycles. The van der Waals surface area contributed by atoms with Crippen molar-refractivity contribution in [3.63, 3.8) is 0 Å². The van der Waals surface area contributed by atoms with E-state index in [1.165, 1.54) is 14.2 Å². The Kier molecular flexibility index (Phi) is 12.5. The van der Waals surface area contributed by atoms with E-state index in [1.54, 1.807) is 0 Å². The van der Waals surface area contributed by atoms with Crippen LogP contribution >= 0.6 is 0 Å². The molecule has 2 aliphatic heterocycles. The van der Waals surface area contributed by atoms with E-state index in [2.05, 4.69) is 107 Å². The van der Waals surface area contributed by atoms with Crippen molar-refractivity contribution in [3.8, 4) is 33.6 Å². The van der Waals surface area contributed by atoms with Crippen LogP contribution in [-0.2, 0) is 19.1 Å². The van der Waals surface area contributed by atoms with Crippen molar-refractivity contribution < 1.29 is 28.7 Å². The van der Waals surface area contributed by atoms with Gasteiger partial charge in [-0.2, -0.15) is 0 Å². The fourth-order valence-corrected chi connectivity index (χ4v) is 9.34. The number of ether oxygens (including phenoxy) is 2. The van der Waals surface area contributed by atoms with Crippen LogP contribution in [0.3, 0.4) is 0 Å². The highest BCUT2D eigenvalue weighted by molar-refractivity contribution is 5.94. The molecule has 0 spiro atoms. The third-order valence-electron chi connectivity index (χ3n) is 12.8. The van der Waals surface area contributed by atoms with E-state index in [-0.39, 0.29) is 47.6 Å². The molecule has 1 unspecified atom stereocenters. The second-order valence-corrected chi connectivity index (χ2v) is 18.3. The number of carbonyl (C=O) groups is 4. The standard InChI is InChI=1S/C50H58N8O6/c1-27(2)43(55-49(61)63-7)47(59)57-25-29(5)17-41(57)45-51-23-39(53-45)37-15-13-33-19-31(9-11-35(33)21-37)32-10-12-36-22-38(16-14-34(36)20-32)40-24-52-46(54-40)42-18-30(6)26-58(42)48(60)44(28(3)4)56-50(62)64-8/h9-16,19-24,27-30,41-44H,17-18,25-26H2,1-8H3,(H,51,53)(H,52,54)(H,55,61)(H,56,62)/t29-,30?,41+,42+,43+,44+/m1/s1. The summed E-state index contributed by atoms with van der Waals surface area (Å²) in [5.74, 6) is 1.51. The van der Waals surface area contributed by atoms with E-state index in [0.29, 0.717) is 13.1 Å². The van der Waals surface area contributed by atoms with Gasteiger partial charge >= 0.3 is 12.2 Å². The van der Waals surface area contributed by atoms with Crippen molar-refractivity contribution in [1.29, 1.82) is 0 Å². The zero-order valence-corrected chi connectivity index (χ0v) is 37.8. The number of nitrogens with zero attached hydrogens (tertiary/aromatic N) is 4. The Labute approximate surface area is 373 Å². The van der Waals surface area contributed by atoms with Gasteiger partial charge in [0.1, 0.15) is 23.7 Å². The van der Waals surface area contributed by atoms with Gasteiger partial charge in [-0.3, -0.25) is 9.59 Å². The van der Waals surface area contributed by atoms with Gasteiger partial charge in [-0.1, -0.05) is 90.1 Å². The number of methoxy groups -OCH3 is 2. The number of nitrogens with one attached hydrogen (secondary N) is 4. The summed E-state index contributed by atoms with van der Waals surface area (Å²) in [5, 5.41) is 9.87. The summed E-state index contributed by atoms with van der Waals surface area (Å²) in [5.41, 5.74) is 5.96. The second kappa shape index (κ2) is 18.2. The first kappa shape index (κ1) is 43.9. The predicted octanol–water partition coefficient (Wildman–Crippen LogP) is 9.02. The van der Waals surface area contributed by atoms with Crippen LogP contribution in [0.1, 0.15) is 78.1 Å². The molecule has 64 heavy (non-hydrogen) atoms. The maximum Gasteiger partial charge on any atom is 0.407 e. The minimum absolute atomic E-state index is 0.115. The Hall–Kier alpha value is -6.70. The SMILES string of the molecule is COC(=O)N[C@H](C(=O)N1CC(C)C[C@H]1c1ncc(-c2ccc3cc(-c4ccc5cc(-c6cnc([C@@H]7C[C@@H](C)CN7C(=O)[C@@H](NC(=O)OC)C(C)C)[nH]6)ccc5c4)ccc3c2)[nH]1)C(C)C. The highest BCUT2D eigenvalue weighted by Gasteiger charge is 2.41. The van der Waals surface area contributed by atoms with E-state index < -0.39 is 24.3 Å². The van der Waals surface area contributed by atoms with Crippen LogP contribution in [0.5, 0.6) is 0 Å². The van der Waals surface area contributed by atoms with Gasteiger partial charge in [-0.25, -0.2) is 19.6 Å². The lowest BCUT2D eigenvalue weighted by Crippen LogP contribution is -2.51. The fraction of sp³-hybridized carbons (Fsp3) is 0.400. The Morgan fingerprint density at radius 2 is 0.922 bits per heavy atom. The Bertz CT molecular complexity index is 2520. The zero-order valence-electron chi connectivity index (χ0n) is 37.8. The number of amides is 4. The summed E-state index contributed by atoms with van der Waals surface area (Å²) in [6, 6.07) is 23.9. The van der Waals surface area contributed by atoms with Gasteiger partial charge in [0.2, 0.25) is 11.8 Å². The molecule has 14 nitrogen and oxygen atoms in total. The number of H-pyrrole nitrogens is 2. The van der Waals surface area contributed by atoms with Crippen LogP contribution in [-0.4, -0.2) is 93.1 Å². The quantitative estimate of drug-likeness (QED) is 0.0998. The molecule has 0 bridgehead atoms. The highest BCUT2D eigenvalue weighted by Crippen LogP contribution is 2.38. The number of aromatic amines is 2. The first-order valence-corrected chi connectivity index (χ1v) is 22.2. The van der Waals surface area contributed by atoms with Crippen LogP contribution < -0.4 is 10.6 Å². The van der Waals surface area contributed by atoms with Crippen LogP contribution in [0.15, 0.2) is 85.2 Å². The average molecular weight is 867 g/mol. The van der Waals surface area contributed by atoms with E-state index in [0.717, 1.165) is 79.7 Å². The molecule has 6 aromatic rings. The average Bonchev–Trinajstić information content (AvgIpc) is 4.13. The Morgan fingerprint density at radius 1 is 0.578 bits per heavy atom. The summed E-state index contributed by atoms with van der Waals surface area (Å²) in [6.07, 6.45) is 3.96. The minimum Gasteiger partial charge on any atom is -0.453 e. The molecule has 2 fully saturated rings. The summed E-state index contributed by atoms with van der Waals surface area (Å²) in [4.78, 5) is 71.9. The molecule has 0 radical (unpaired) electrons. The maximum absolute atomic E-state index is 13.8. The van der Waals surface area contributed by atoms with Gasteiger partial charge in [0.05, 0.1) is 50.1 Å². The Morgan fingerprint density at radius 3 is 1.27 bits per heavy atom. The smallest absolute Gasteiger partial charge is 0.407 e. The van der Waals surface area contributed by atoms with Crippen molar-refractivity contribution in [3.05, 3.63) is 96.8 Å². The van der Waals surface area contributed by atoms with Crippen molar-refractivity contribution in [1.82, 2.24) is 40.4 Å². The first-order valence-electron chi connectivity index (χ1n) is 22.2. The molecule has 6 atom stereocenters. The van der Waals surface area contributed by atoms with Crippen molar-refractivity contribution in [2.45, 2.75) is 78.6 Å². The molecule has 14 heteroatoms. The fourth-order valence-electron chi connectivity index (χ4n) is 9.34. The van der Waals surface area contributed by atoms with Gasteiger partial charge in [-0.15, -0.1) is 0 Å². The lowest BCUT2D eigenvalue weighted by atomic mass is 9.97. The molecule has 2 aromatic heterocycles. The molecule has 4 heterocycles. The van der Waals surface area contributed by atoms with Gasteiger partial charge in [0, 0.05) is 24.2 Å². The molecule has 8 rings (SSSR count). The number of aromatic nitrogens is 4. The number of benzene rings is 4. The molecule has 4 aromatic carbocycles. The number of carbonyl (C=O) groups excluding carboxylic acids is 4. The highest BCUT2D eigenvalue weighted by atomic mass is 16.5. The lowest BCUT2D eigenvalue weighted by molar-refractivity contribution is -0.136. The molecule has 2 aliphatic rings. The zero-order chi connectivity index (χ0) is 45.4. The Balaban J connectivity index is 0.968. The summed E-state index contributed by atoms with van der Waals surface area (Å²) < 4.78 is 9.60. The van der Waals surface area contributed by atoms with Gasteiger partial charge in [0.25, 0.3) is 0 Å². The normalized spacial score (nSPS) is 19.7. The molecule has 4 N–H and O–H groups in total. The third kappa shape index (κ3) is 8.91. The number of likely N-dealkylation sites (tertiary alicyclic amines) is 2. The second-order valence-electron chi connectivity index (χ2n) is 18.3. The van der Waals surface area contributed by atoms with Gasteiger partial charge < -0.3 is 39.9 Å². The predicted molar refractivity (Wildman–Crippen MR) is 247 cm³/mol. The number of imidazole rings is 2. The van der Waals surface area contributed by atoms with Crippen molar-refractivity contribution in [2.75, 3.05) is 27.3 Å². The number of hydrogen-bond donors (Lipinski definition) is 4. The monoisotopic (exact) mass is 866 g/mol. The third-order valence-corrected chi connectivity index (χ3v) is 12.8. The molecule has 4 amide bonds. The maximum atomic E-state index is 13.8. The van der Waals surface area contributed by atoms with Crippen molar-refractivity contribution >= 4 is 45.5 Å². The van der Waals surface area contributed by atoms with Crippen LogP contribution in [0.4, 0.5) is 9.59 Å². The number of fused-ring (bicyclic) bond motifs is 2. The number of hydrogen-bond acceptors (Lipinski definition) is 8. The van der Waals surface area contributed by atoms with Gasteiger partial charge in [0.15, 0.2) is 0 Å². The number of alkyl carbamates (subject to hydrolysis) is 2. The molecular formula is C50H58N8O6. The van der Waals surface area contributed by atoms with E-state index in [9.17, 15) is 19.2 Å². The van der Waals surface area contributed by atoms with Crippen molar-refractivity contribution in [2.24, 2.45) is 23.7 Å². The van der Waals surface area contributed by atoms with Crippen LogP contribution in [0.25, 0.3) is 55.2 Å².